The van der Waals surface area contributed by atoms with Gasteiger partial charge in [-0.2, -0.15) is 0 Å². The normalized spacial score (nSPS) is 12.5. The lowest BCUT2D eigenvalue weighted by molar-refractivity contribution is 0.0993. The Hall–Kier alpha value is -1.94. The minimum atomic E-state index is -0.352. The number of pyridine rings is 1. The Kier molecular flexibility index (Phi) is 3.17. The van der Waals surface area contributed by atoms with Crippen molar-refractivity contribution in [2.24, 2.45) is 0 Å². The molecular formula is C15H11BrN2O. The van der Waals surface area contributed by atoms with E-state index in [-0.39, 0.29) is 10.6 Å². The quantitative estimate of drug-likeness (QED) is 0.589. The minimum absolute atomic E-state index is 0.0103. The van der Waals surface area contributed by atoms with Crippen molar-refractivity contribution in [1.29, 1.82) is 0 Å². The lowest BCUT2D eigenvalue weighted by Crippen LogP contribution is -2.06. The topological polar surface area (TPSA) is 45.8 Å². The van der Waals surface area contributed by atoms with Gasteiger partial charge >= 0.3 is 0 Å². The number of carbonyl (C=O) groups excluding carboxylic acids is 1. The molecule has 1 unspecified atom stereocenters. The number of fused-ring (bicyclic) bond motifs is 1. The van der Waals surface area contributed by atoms with Gasteiger partial charge in [0.15, 0.2) is 5.78 Å². The number of aromatic nitrogens is 2. The third-order valence-corrected chi connectivity index (χ3v) is 3.97. The standard InChI is InChI=1S/C15H11BrN2O/c16-13(10-5-2-1-3-6-10)15(19)11-9-18-12-7-4-8-17-14(11)12/h1-9,13,18H. The zero-order valence-corrected chi connectivity index (χ0v) is 11.6. The number of benzene rings is 1. The number of carbonyl (C=O) groups is 1. The molecule has 94 valence electrons. The highest BCUT2D eigenvalue weighted by Crippen LogP contribution is 2.29. The van der Waals surface area contributed by atoms with E-state index in [0.29, 0.717) is 11.1 Å². The van der Waals surface area contributed by atoms with E-state index < -0.39 is 0 Å². The molecule has 2 heterocycles. The number of alkyl halides is 1. The van der Waals surface area contributed by atoms with Gasteiger partial charge in [0.2, 0.25) is 0 Å². The van der Waals surface area contributed by atoms with Gasteiger partial charge < -0.3 is 4.98 Å². The van der Waals surface area contributed by atoms with Crippen molar-refractivity contribution in [1.82, 2.24) is 9.97 Å². The van der Waals surface area contributed by atoms with Crippen LogP contribution in [0.5, 0.6) is 0 Å². The van der Waals surface area contributed by atoms with Gasteiger partial charge in [0.1, 0.15) is 4.83 Å². The molecule has 3 nitrogen and oxygen atoms in total. The highest BCUT2D eigenvalue weighted by Gasteiger charge is 2.22. The SMILES string of the molecule is O=C(c1c[nH]c2cccnc12)C(Br)c1ccccc1. The number of hydrogen-bond acceptors (Lipinski definition) is 2. The third-order valence-electron chi connectivity index (χ3n) is 3.02. The summed E-state index contributed by atoms with van der Waals surface area (Å²) in [6.45, 7) is 0. The molecule has 0 radical (unpaired) electrons. The Morgan fingerprint density at radius 3 is 2.74 bits per heavy atom. The first-order valence-corrected chi connectivity index (χ1v) is 6.84. The Labute approximate surface area is 118 Å². The average Bonchev–Trinajstić information content (AvgIpc) is 2.90. The van der Waals surface area contributed by atoms with Gasteiger partial charge in [-0.25, -0.2) is 0 Å². The summed E-state index contributed by atoms with van der Waals surface area (Å²) in [6, 6.07) is 13.4. The number of hydrogen-bond donors (Lipinski definition) is 1. The fraction of sp³-hybridized carbons (Fsp3) is 0.0667. The minimum Gasteiger partial charge on any atom is -0.359 e. The monoisotopic (exact) mass is 314 g/mol. The molecule has 1 atom stereocenters. The summed E-state index contributed by atoms with van der Waals surface area (Å²) in [5.41, 5.74) is 3.14. The fourth-order valence-electron chi connectivity index (χ4n) is 2.05. The molecule has 0 bridgehead atoms. The second kappa shape index (κ2) is 4.97. The predicted molar refractivity (Wildman–Crippen MR) is 78.5 cm³/mol. The summed E-state index contributed by atoms with van der Waals surface area (Å²) >= 11 is 3.47. The summed E-state index contributed by atoms with van der Waals surface area (Å²) in [5.74, 6) is 0.0103. The van der Waals surface area contributed by atoms with Crippen molar-refractivity contribution in [3.63, 3.8) is 0 Å². The molecule has 0 aliphatic carbocycles. The number of aromatic amines is 1. The van der Waals surface area contributed by atoms with E-state index in [1.807, 2.05) is 42.5 Å². The Morgan fingerprint density at radius 2 is 1.95 bits per heavy atom. The van der Waals surface area contributed by atoms with Crippen molar-refractivity contribution in [2.75, 3.05) is 0 Å². The first kappa shape index (κ1) is 12.1. The molecule has 0 saturated carbocycles. The molecule has 19 heavy (non-hydrogen) atoms. The zero-order chi connectivity index (χ0) is 13.2. The van der Waals surface area contributed by atoms with Crippen LogP contribution < -0.4 is 0 Å². The molecule has 0 aliphatic heterocycles. The molecule has 1 aromatic carbocycles. The van der Waals surface area contributed by atoms with Crippen LogP contribution in [-0.2, 0) is 0 Å². The number of halogens is 1. The summed E-state index contributed by atoms with van der Waals surface area (Å²) in [5, 5.41) is 0. The Bertz CT molecular complexity index is 721. The van der Waals surface area contributed by atoms with E-state index >= 15 is 0 Å². The summed E-state index contributed by atoms with van der Waals surface area (Å²) < 4.78 is 0. The van der Waals surface area contributed by atoms with Gasteiger partial charge in [-0.05, 0) is 17.7 Å². The molecule has 0 spiro atoms. The fourth-order valence-corrected chi connectivity index (χ4v) is 2.60. The molecule has 0 amide bonds. The van der Waals surface area contributed by atoms with E-state index in [0.717, 1.165) is 11.1 Å². The summed E-state index contributed by atoms with van der Waals surface area (Å²) in [4.78, 5) is 19.5. The van der Waals surface area contributed by atoms with Crippen LogP contribution in [0.1, 0.15) is 20.7 Å². The number of ketones is 1. The van der Waals surface area contributed by atoms with Crippen LogP contribution in [0.15, 0.2) is 54.9 Å². The number of Topliss-reactive ketones (excluding diaryl/α,β-unsaturated/α-hetero) is 1. The molecule has 0 aliphatic rings. The Morgan fingerprint density at radius 1 is 1.16 bits per heavy atom. The van der Waals surface area contributed by atoms with Crippen LogP contribution in [0.4, 0.5) is 0 Å². The first-order valence-electron chi connectivity index (χ1n) is 5.92. The number of rotatable bonds is 3. The maximum atomic E-state index is 12.5. The first-order chi connectivity index (χ1) is 9.27. The van der Waals surface area contributed by atoms with Crippen molar-refractivity contribution in [3.8, 4) is 0 Å². The summed E-state index contributed by atoms with van der Waals surface area (Å²) in [6.07, 6.45) is 3.41. The molecule has 2 aromatic heterocycles. The van der Waals surface area contributed by atoms with Gasteiger partial charge in [-0.3, -0.25) is 9.78 Å². The van der Waals surface area contributed by atoms with E-state index in [2.05, 4.69) is 25.9 Å². The second-order valence-electron chi connectivity index (χ2n) is 4.24. The zero-order valence-electron chi connectivity index (χ0n) is 10.0. The summed E-state index contributed by atoms with van der Waals surface area (Å²) in [7, 11) is 0. The average molecular weight is 315 g/mol. The van der Waals surface area contributed by atoms with E-state index in [9.17, 15) is 4.79 Å². The van der Waals surface area contributed by atoms with E-state index in [1.165, 1.54) is 0 Å². The highest BCUT2D eigenvalue weighted by atomic mass is 79.9. The van der Waals surface area contributed by atoms with Crippen molar-refractivity contribution >= 4 is 32.7 Å². The number of nitrogens with one attached hydrogen (secondary N) is 1. The largest absolute Gasteiger partial charge is 0.359 e. The molecule has 3 aromatic rings. The van der Waals surface area contributed by atoms with Crippen molar-refractivity contribution in [3.05, 3.63) is 66.0 Å². The van der Waals surface area contributed by atoms with Crippen LogP contribution >= 0.6 is 15.9 Å². The molecule has 3 rings (SSSR count). The molecule has 0 fully saturated rings. The molecule has 4 heteroatoms. The molecule has 0 saturated heterocycles. The highest BCUT2D eigenvalue weighted by molar-refractivity contribution is 9.09. The lowest BCUT2D eigenvalue weighted by Gasteiger charge is -2.07. The molecule has 1 N–H and O–H groups in total. The predicted octanol–water partition coefficient (Wildman–Crippen LogP) is 3.88. The maximum absolute atomic E-state index is 12.5. The van der Waals surface area contributed by atoms with Gasteiger partial charge in [-0.15, -0.1) is 0 Å². The van der Waals surface area contributed by atoms with Crippen molar-refractivity contribution in [2.45, 2.75) is 4.83 Å². The number of nitrogens with zero attached hydrogens (tertiary/aromatic N) is 1. The maximum Gasteiger partial charge on any atom is 0.184 e. The van der Waals surface area contributed by atoms with Crippen molar-refractivity contribution < 1.29 is 4.79 Å². The van der Waals surface area contributed by atoms with Gasteiger partial charge in [0, 0.05) is 12.4 Å². The number of H-pyrrole nitrogens is 1. The Balaban J connectivity index is 2.00. The lowest BCUT2D eigenvalue weighted by atomic mass is 10.0. The van der Waals surface area contributed by atoms with Crippen LogP contribution in [-0.4, -0.2) is 15.8 Å². The van der Waals surface area contributed by atoms with Gasteiger partial charge in [0.25, 0.3) is 0 Å². The second-order valence-corrected chi connectivity index (χ2v) is 5.16. The van der Waals surface area contributed by atoms with Gasteiger partial charge in [0.05, 0.1) is 16.6 Å². The van der Waals surface area contributed by atoms with E-state index in [4.69, 9.17) is 0 Å². The molecular weight excluding hydrogens is 304 g/mol. The van der Waals surface area contributed by atoms with Crippen LogP contribution in [0.3, 0.4) is 0 Å². The van der Waals surface area contributed by atoms with Crippen LogP contribution in [0, 0.1) is 0 Å². The van der Waals surface area contributed by atoms with Crippen LogP contribution in [0.25, 0.3) is 11.0 Å². The van der Waals surface area contributed by atoms with Crippen LogP contribution in [0.2, 0.25) is 0 Å². The van der Waals surface area contributed by atoms with E-state index in [1.54, 1.807) is 12.4 Å². The smallest absolute Gasteiger partial charge is 0.184 e. The van der Waals surface area contributed by atoms with Gasteiger partial charge in [-0.1, -0.05) is 46.3 Å². The third kappa shape index (κ3) is 2.19.